The van der Waals surface area contributed by atoms with Gasteiger partial charge in [-0.1, -0.05) is 6.92 Å². The van der Waals surface area contributed by atoms with Gasteiger partial charge in [0.05, 0.1) is 4.92 Å². The fourth-order valence-electron chi connectivity index (χ4n) is 1.93. The first-order valence-corrected chi connectivity index (χ1v) is 6.54. The van der Waals surface area contributed by atoms with Gasteiger partial charge in [-0.05, 0) is 37.1 Å². The number of nitrogens with zero attached hydrogens (tertiary/aromatic N) is 3. The number of hydrogen-bond donors (Lipinski definition) is 1. The molecule has 1 aromatic heterocycles. The number of rotatable bonds is 5. The van der Waals surface area contributed by atoms with E-state index in [2.05, 4.69) is 15.3 Å². The van der Waals surface area contributed by atoms with Crippen LogP contribution in [0.25, 0.3) is 11.3 Å². The Morgan fingerprint density at radius 3 is 2.76 bits per heavy atom. The van der Waals surface area contributed by atoms with E-state index in [4.69, 9.17) is 0 Å². The molecule has 2 rings (SSSR count). The van der Waals surface area contributed by atoms with E-state index in [1.54, 1.807) is 6.92 Å². The molecule has 2 aromatic rings. The van der Waals surface area contributed by atoms with Crippen molar-refractivity contribution in [2.24, 2.45) is 0 Å². The quantitative estimate of drug-likeness (QED) is 0.674. The molecule has 0 saturated heterocycles. The minimum Gasteiger partial charge on any atom is -0.364 e. The average Bonchev–Trinajstić information content (AvgIpc) is 2.47. The SMILES string of the molecule is CCCNc1ncnc(-c2ccc(F)c(C)c2)c1[N+](=O)[O-]. The first-order valence-electron chi connectivity index (χ1n) is 6.54. The highest BCUT2D eigenvalue weighted by Gasteiger charge is 2.23. The van der Waals surface area contributed by atoms with Gasteiger partial charge in [0.2, 0.25) is 5.82 Å². The number of halogens is 1. The van der Waals surface area contributed by atoms with Crippen molar-refractivity contribution in [2.75, 3.05) is 11.9 Å². The smallest absolute Gasteiger partial charge is 0.337 e. The molecule has 7 heteroatoms. The lowest BCUT2D eigenvalue weighted by Crippen LogP contribution is -2.07. The molecule has 0 bridgehead atoms. The zero-order valence-electron chi connectivity index (χ0n) is 11.8. The van der Waals surface area contributed by atoms with Gasteiger partial charge >= 0.3 is 5.69 Å². The Hall–Kier alpha value is -2.57. The number of aromatic nitrogens is 2. The third-order valence-corrected chi connectivity index (χ3v) is 2.98. The second-order valence-electron chi connectivity index (χ2n) is 4.57. The molecular formula is C14H15FN4O2. The Balaban J connectivity index is 2.56. The highest BCUT2D eigenvalue weighted by Crippen LogP contribution is 2.33. The Labute approximate surface area is 121 Å². The zero-order chi connectivity index (χ0) is 15.4. The largest absolute Gasteiger partial charge is 0.364 e. The molecule has 0 radical (unpaired) electrons. The molecule has 0 aliphatic carbocycles. The highest BCUT2D eigenvalue weighted by molar-refractivity contribution is 5.76. The van der Waals surface area contributed by atoms with E-state index in [1.165, 1.54) is 24.5 Å². The van der Waals surface area contributed by atoms with Gasteiger partial charge in [0.15, 0.2) is 5.69 Å². The third-order valence-electron chi connectivity index (χ3n) is 2.98. The summed E-state index contributed by atoms with van der Waals surface area (Å²) < 4.78 is 13.3. The fraction of sp³-hybridized carbons (Fsp3) is 0.286. The van der Waals surface area contributed by atoms with Gasteiger partial charge in [-0.15, -0.1) is 0 Å². The first-order chi connectivity index (χ1) is 10.0. The lowest BCUT2D eigenvalue weighted by molar-refractivity contribution is -0.383. The van der Waals surface area contributed by atoms with Crippen LogP contribution in [-0.2, 0) is 0 Å². The van der Waals surface area contributed by atoms with Crippen molar-refractivity contribution in [2.45, 2.75) is 20.3 Å². The van der Waals surface area contributed by atoms with Crippen LogP contribution in [0.1, 0.15) is 18.9 Å². The summed E-state index contributed by atoms with van der Waals surface area (Å²) in [6.45, 7) is 4.12. The second-order valence-corrected chi connectivity index (χ2v) is 4.57. The molecular weight excluding hydrogens is 275 g/mol. The lowest BCUT2D eigenvalue weighted by Gasteiger charge is -2.08. The number of benzene rings is 1. The molecule has 0 atom stereocenters. The van der Waals surface area contributed by atoms with Crippen molar-refractivity contribution in [3.63, 3.8) is 0 Å². The van der Waals surface area contributed by atoms with Crippen molar-refractivity contribution in [1.82, 2.24) is 9.97 Å². The molecule has 0 aliphatic rings. The summed E-state index contributed by atoms with van der Waals surface area (Å²) in [6, 6.07) is 4.28. The van der Waals surface area contributed by atoms with E-state index >= 15 is 0 Å². The summed E-state index contributed by atoms with van der Waals surface area (Å²) in [7, 11) is 0. The Morgan fingerprint density at radius 1 is 1.38 bits per heavy atom. The summed E-state index contributed by atoms with van der Waals surface area (Å²) >= 11 is 0. The van der Waals surface area contributed by atoms with Crippen LogP contribution >= 0.6 is 0 Å². The maximum atomic E-state index is 13.3. The van der Waals surface area contributed by atoms with Gasteiger partial charge in [-0.3, -0.25) is 10.1 Å². The van der Waals surface area contributed by atoms with Crippen LogP contribution < -0.4 is 5.32 Å². The highest BCUT2D eigenvalue weighted by atomic mass is 19.1. The number of nitro groups is 1. The molecule has 0 aliphatic heterocycles. The monoisotopic (exact) mass is 290 g/mol. The Kier molecular flexibility index (Phi) is 4.42. The van der Waals surface area contributed by atoms with Crippen molar-refractivity contribution < 1.29 is 9.31 Å². The van der Waals surface area contributed by atoms with E-state index in [9.17, 15) is 14.5 Å². The van der Waals surface area contributed by atoms with Gasteiger partial charge in [0.1, 0.15) is 12.1 Å². The van der Waals surface area contributed by atoms with E-state index in [0.29, 0.717) is 17.7 Å². The minimum atomic E-state index is -0.522. The number of anilines is 1. The van der Waals surface area contributed by atoms with Crippen LogP contribution in [0.3, 0.4) is 0 Å². The molecule has 1 heterocycles. The van der Waals surface area contributed by atoms with Crippen LogP contribution in [-0.4, -0.2) is 21.4 Å². The molecule has 6 nitrogen and oxygen atoms in total. The van der Waals surface area contributed by atoms with Crippen LogP contribution in [0.15, 0.2) is 24.5 Å². The topological polar surface area (TPSA) is 81.0 Å². The summed E-state index contributed by atoms with van der Waals surface area (Å²) in [4.78, 5) is 18.7. The summed E-state index contributed by atoms with van der Waals surface area (Å²) in [6.07, 6.45) is 2.07. The Morgan fingerprint density at radius 2 is 2.14 bits per heavy atom. The molecule has 110 valence electrons. The summed E-state index contributed by atoms with van der Waals surface area (Å²) in [5, 5.41) is 14.3. The Bertz CT molecular complexity index is 676. The van der Waals surface area contributed by atoms with E-state index in [0.717, 1.165) is 6.42 Å². The van der Waals surface area contributed by atoms with Crippen molar-refractivity contribution in [3.8, 4) is 11.3 Å². The van der Waals surface area contributed by atoms with Gasteiger partial charge < -0.3 is 5.32 Å². The maximum Gasteiger partial charge on any atom is 0.337 e. The molecule has 21 heavy (non-hydrogen) atoms. The molecule has 0 spiro atoms. The summed E-state index contributed by atoms with van der Waals surface area (Å²) in [5.74, 6) is -0.186. The summed E-state index contributed by atoms with van der Waals surface area (Å²) in [5.41, 5.74) is 0.875. The van der Waals surface area contributed by atoms with Crippen molar-refractivity contribution in [3.05, 3.63) is 46.0 Å². The van der Waals surface area contributed by atoms with Crippen molar-refractivity contribution in [1.29, 1.82) is 0 Å². The molecule has 0 fully saturated rings. The second kappa shape index (κ2) is 6.25. The lowest BCUT2D eigenvalue weighted by atomic mass is 10.1. The predicted molar refractivity (Wildman–Crippen MR) is 77.6 cm³/mol. The number of nitrogens with one attached hydrogen (secondary N) is 1. The molecule has 0 saturated carbocycles. The normalized spacial score (nSPS) is 10.4. The van der Waals surface area contributed by atoms with Gasteiger partial charge in [-0.25, -0.2) is 14.4 Å². The average molecular weight is 290 g/mol. The zero-order valence-corrected chi connectivity index (χ0v) is 11.8. The third kappa shape index (κ3) is 3.13. The van der Waals surface area contributed by atoms with E-state index in [-0.39, 0.29) is 23.0 Å². The van der Waals surface area contributed by atoms with Crippen molar-refractivity contribution >= 4 is 11.5 Å². The van der Waals surface area contributed by atoms with Crippen LogP contribution in [0.5, 0.6) is 0 Å². The van der Waals surface area contributed by atoms with Gasteiger partial charge in [0, 0.05) is 12.1 Å². The molecule has 0 unspecified atom stereocenters. The first kappa shape index (κ1) is 14.8. The van der Waals surface area contributed by atoms with Gasteiger partial charge in [-0.2, -0.15) is 0 Å². The number of aryl methyl sites for hydroxylation is 1. The minimum absolute atomic E-state index is 0.175. The molecule has 0 amide bonds. The standard InChI is InChI=1S/C14H15FN4O2/c1-3-6-16-14-13(19(20)21)12(17-8-18-14)10-4-5-11(15)9(2)7-10/h4-5,7-8H,3,6H2,1-2H3,(H,16,17,18). The predicted octanol–water partition coefficient (Wildman–Crippen LogP) is 3.32. The van der Waals surface area contributed by atoms with E-state index in [1.807, 2.05) is 6.92 Å². The maximum absolute atomic E-state index is 13.3. The number of hydrogen-bond acceptors (Lipinski definition) is 5. The van der Waals surface area contributed by atoms with Crippen LogP contribution in [0.2, 0.25) is 0 Å². The van der Waals surface area contributed by atoms with E-state index < -0.39 is 4.92 Å². The molecule has 1 aromatic carbocycles. The van der Waals surface area contributed by atoms with Crippen LogP contribution in [0.4, 0.5) is 15.9 Å². The molecule has 1 N–H and O–H groups in total. The van der Waals surface area contributed by atoms with Gasteiger partial charge in [0.25, 0.3) is 0 Å². The van der Waals surface area contributed by atoms with Crippen LogP contribution in [0, 0.1) is 22.9 Å². The fourth-order valence-corrected chi connectivity index (χ4v) is 1.93.